The highest BCUT2D eigenvalue weighted by molar-refractivity contribution is 4.69. The second-order valence-electron chi connectivity index (χ2n) is 2.39. The molecular weight excluding hydrogens is 124 g/mol. The molecule has 0 aromatic rings. The number of nitrogens with one attached hydrogen (secondary N) is 1. The fraction of sp³-hybridized carbons (Fsp3) is 0.750. The maximum atomic E-state index is 3.62. The topological polar surface area (TPSA) is 15.3 Å². The van der Waals surface area contributed by atoms with Crippen molar-refractivity contribution in [2.24, 2.45) is 0 Å². The van der Waals surface area contributed by atoms with Crippen LogP contribution in [0.25, 0.3) is 0 Å². The summed E-state index contributed by atoms with van der Waals surface area (Å²) >= 11 is 0. The average Bonchev–Trinajstić information content (AvgIpc) is 1.98. The number of hydrogen-bond donors (Lipinski definition) is 1. The zero-order chi connectivity index (χ0) is 7.82. The third kappa shape index (κ3) is 5.79. The van der Waals surface area contributed by atoms with Crippen LogP contribution in [0.3, 0.4) is 0 Å². The molecule has 2 heteroatoms. The van der Waals surface area contributed by atoms with Crippen molar-refractivity contribution < 1.29 is 0 Å². The molecule has 0 fully saturated rings. The first-order valence-corrected chi connectivity index (χ1v) is 3.81. The van der Waals surface area contributed by atoms with Gasteiger partial charge in [0.1, 0.15) is 0 Å². The zero-order valence-corrected chi connectivity index (χ0v) is 7.06. The molecule has 0 atom stereocenters. The first kappa shape index (κ1) is 9.66. The van der Waals surface area contributed by atoms with E-state index in [0.29, 0.717) is 0 Å². The zero-order valence-electron chi connectivity index (χ0n) is 7.06. The molecule has 10 heavy (non-hydrogen) atoms. The Hall–Kier alpha value is -0.340. The summed E-state index contributed by atoms with van der Waals surface area (Å²) in [5, 5.41) is 3.24. The van der Waals surface area contributed by atoms with Gasteiger partial charge in [0.25, 0.3) is 0 Å². The summed E-state index contributed by atoms with van der Waals surface area (Å²) in [6, 6.07) is 0. The summed E-state index contributed by atoms with van der Waals surface area (Å²) in [5.74, 6) is 0. The molecule has 0 radical (unpaired) electrons. The van der Waals surface area contributed by atoms with Crippen LogP contribution in [0.1, 0.15) is 6.92 Å². The van der Waals surface area contributed by atoms with Gasteiger partial charge in [-0.15, -0.1) is 6.58 Å². The molecule has 1 N–H and O–H groups in total. The first-order valence-electron chi connectivity index (χ1n) is 3.81. The molecule has 0 saturated heterocycles. The van der Waals surface area contributed by atoms with E-state index in [4.69, 9.17) is 0 Å². The van der Waals surface area contributed by atoms with Crippen LogP contribution >= 0.6 is 0 Å². The van der Waals surface area contributed by atoms with E-state index in [1.807, 2.05) is 6.08 Å². The van der Waals surface area contributed by atoms with Gasteiger partial charge in [0, 0.05) is 19.6 Å². The molecule has 0 aromatic heterocycles. The van der Waals surface area contributed by atoms with E-state index in [9.17, 15) is 0 Å². The molecule has 0 aliphatic heterocycles. The molecule has 0 aliphatic carbocycles. The lowest BCUT2D eigenvalue weighted by Crippen LogP contribution is -2.28. The summed E-state index contributed by atoms with van der Waals surface area (Å²) in [6.07, 6.45) is 1.88. The Morgan fingerprint density at radius 3 is 2.80 bits per heavy atom. The van der Waals surface area contributed by atoms with Gasteiger partial charge in [0.2, 0.25) is 0 Å². The summed E-state index contributed by atoms with van der Waals surface area (Å²) in [7, 11) is 2.12. The van der Waals surface area contributed by atoms with E-state index in [0.717, 1.165) is 26.2 Å². The molecule has 0 bridgehead atoms. The lowest BCUT2D eigenvalue weighted by atomic mass is 10.5. The third-order valence-corrected chi connectivity index (χ3v) is 1.50. The molecule has 0 unspecified atom stereocenters. The lowest BCUT2D eigenvalue weighted by molar-refractivity contribution is 0.352. The predicted octanol–water partition coefficient (Wildman–Crippen LogP) is 0.714. The Kier molecular flexibility index (Phi) is 6.55. The molecule has 0 amide bonds. The predicted molar refractivity (Wildman–Crippen MR) is 46.2 cm³/mol. The fourth-order valence-electron chi connectivity index (χ4n) is 0.632. The number of nitrogens with zero attached hydrogens (tertiary/aromatic N) is 1. The normalized spacial score (nSPS) is 10.3. The van der Waals surface area contributed by atoms with Crippen molar-refractivity contribution in [3.05, 3.63) is 12.7 Å². The van der Waals surface area contributed by atoms with E-state index in [-0.39, 0.29) is 0 Å². The Labute approximate surface area is 63.9 Å². The highest BCUT2D eigenvalue weighted by atomic mass is 15.1. The Morgan fingerprint density at radius 1 is 1.60 bits per heavy atom. The van der Waals surface area contributed by atoms with E-state index in [1.165, 1.54) is 0 Å². The largest absolute Gasteiger partial charge is 0.312 e. The Morgan fingerprint density at radius 2 is 2.30 bits per heavy atom. The molecular formula is C8H18N2. The van der Waals surface area contributed by atoms with Crippen molar-refractivity contribution in [3.8, 4) is 0 Å². The minimum Gasteiger partial charge on any atom is -0.312 e. The van der Waals surface area contributed by atoms with Gasteiger partial charge in [-0.1, -0.05) is 13.0 Å². The van der Waals surface area contributed by atoms with Crippen LogP contribution in [0.4, 0.5) is 0 Å². The maximum Gasteiger partial charge on any atom is 0.0132 e. The number of rotatable bonds is 6. The quantitative estimate of drug-likeness (QED) is 0.434. The van der Waals surface area contributed by atoms with E-state index in [1.54, 1.807) is 0 Å². The smallest absolute Gasteiger partial charge is 0.0132 e. The second-order valence-corrected chi connectivity index (χ2v) is 2.39. The van der Waals surface area contributed by atoms with Crippen molar-refractivity contribution in [2.75, 3.05) is 33.2 Å². The minimum absolute atomic E-state index is 0.914. The number of likely N-dealkylation sites (N-methyl/N-ethyl adjacent to an activating group) is 1. The van der Waals surface area contributed by atoms with E-state index >= 15 is 0 Å². The van der Waals surface area contributed by atoms with Crippen LogP contribution in [0, 0.1) is 0 Å². The molecule has 60 valence electrons. The molecule has 0 saturated carbocycles. The molecule has 0 spiro atoms. The Bertz CT molecular complexity index is 81.3. The van der Waals surface area contributed by atoms with E-state index in [2.05, 4.69) is 30.8 Å². The van der Waals surface area contributed by atoms with Crippen molar-refractivity contribution in [2.45, 2.75) is 6.92 Å². The molecule has 0 heterocycles. The highest BCUT2D eigenvalue weighted by Gasteiger charge is 1.90. The van der Waals surface area contributed by atoms with Crippen LogP contribution < -0.4 is 5.32 Å². The summed E-state index contributed by atoms with van der Waals surface area (Å²) in [6.45, 7) is 9.98. The number of hydrogen-bond acceptors (Lipinski definition) is 2. The fourth-order valence-corrected chi connectivity index (χ4v) is 0.632. The molecule has 0 rings (SSSR count). The van der Waals surface area contributed by atoms with Gasteiger partial charge in [0.15, 0.2) is 0 Å². The molecule has 0 aliphatic rings. The van der Waals surface area contributed by atoms with Crippen LogP contribution in [-0.4, -0.2) is 38.1 Å². The van der Waals surface area contributed by atoms with Crippen LogP contribution in [-0.2, 0) is 0 Å². The van der Waals surface area contributed by atoms with Crippen molar-refractivity contribution in [3.63, 3.8) is 0 Å². The summed E-state index contributed by atoms with van der Waals surface area (Å²) < 4.78 is 0. The van der Waals surface area contributed by atoms with Gasteiger partial charge in [0.05, 0.1) is 0 Å². The maximum absolute atomic E-state index is 3.62. The van der Waals surface area contributed by atoms with Crippen molar-refractivity contribution in [1.29, 1.82) is 0 Å². The SMILES string of the molecule is C=CCNCCN(C)CC. The van der Waals surface area contributed by atoms with Gasteiger partial charge in [-0.25, -0.2) is 0 Å². The summed E-state index contributed by atoms with van der Waals surface area (Å²) in [5.41, 5.74) is 0. The van der Waals surface area contributed by atoms with Crippen LogP contribution in [0.15, 0.2) is 12.7 Å². The second kappa shape index (κ2) is 6.78. The standard InChI is InChI=1S/C8H18N2/c1-4-6-9-7-8-10(3)5-2/h4,9H,1,5-8H2,2-3H3. The van der Waals surface area contributed by atoms with Gasteiger partial charge in [-0.05, 0) is 13.6 Å². The van der Waals surface area contributed by atoms with Gasteiger partial charge in [-0.3, -0.25) is 0 Å². The van der Waals surface area contributed by atoms with Gasteiger partial charge >= 0.3 is 0 Å². The third-order valence-electron chi connectivity index (χ3n) is 1.50. The van der Waals surface area contributed by atoms with Crippen molar-refractivity contribution >= 4 is 0 Å². The average molecular weight is 142 g/mol. The lowest BCUT2D eigenvalue weighted by Gasteiger charge is -2.12. The first-order chi connectivity index (χ1) is 4.81. The Balaban J connectivity index is 2.95. The van der Waals surface area contributed by atoms with Crippen LogP contribution in [0.5, 0.6) is 0 Å². The molecule has 0 aromatic carbocycles. The highest BCUT2D eigenvalue weighted by Crippen LogP contribution is 1.76. The van der Waals surface area contributed by atoms with Crippen molar-refractivity contribution in [1.82, 2.24) is 10.2 Å². The van der Waals surface area contributed by atoms with E-state index < -0.39 is 0 Å². The van der Waals surface area contributed by atoms with Crippen LogP contribution in [0.2, 0.25) is 0 Å². The summed E-state index contributed by atoms with van der Waals surface area (Å²) in [4.78, 5) is 2.27. The van der Waals surface area contributed by atoms with Gasteiger partial charge in [-0.2, -0.15) is 0 Å². The van der Waals surface area contributed by atoms with Gasteiger partial charge < -0.3 is 10.2 Å². The minimum atomic E-state index is 0.914. The monoisotopic (exact) mass is 142 g/mol. The molecule has 2 nitrogen and oxygen atoms in total.